The lowest BCUT2D eigenvalue weighted by Crippen LogP contribution is -2.35. The summed E-state index contributed by atoms with van der Waals surface area (Å²) < 4.78 is 203. The van der Waals surface area contributed by atoms with Crippen LogP contribution >= 0.6 is 30.3 Å². The first-order valence-electron chi connectivity index (χ1n) is 47.1. The highest BCUT2D eigenvalue weighted by Gasteiger charge is 2.35. The molecule has 1 saturated carbocycles. The Hall–Kier alpha value is -12.8. The van der Waals surface area contributed by atoms with Crippen LogP contribution in [0.5, 0.6) is 29.3 Å². The van der Waals surface area contributed by atoms with Crippen molar-refractivity contribution in [3.63, 3.8) is 0 Å². The van der Waals surface area contributed by atoms with Crippen LogP contribution in [0, 0.1) is 0 Å². The summed E-state index contributed by atoms with van der Waals surface area (Å²) in [5.74, 6) is 1.16. The Morgan fingerprint density at radius 3 is 0.980 bits per heavy atom. The molecule has 1 aromatic carbocycles. The minimum atomic E-state index is -4.06. The number of rotatable bonds is 61. The maximum atomic E-state index is 13.7. The van der Waals surface area contributed by atoms with Crippen molar-refractivity contribution in [1.82, 2.24) is 83.2 Å². The van der Waals surface area contributed by atoms with Gasteiger partial charge in [-0.05, 0) is 149 Å². The molecule has 9 N–H and O–H groups in total. The normalized spacial score (nSPS) is 12.7. The van der Waals surface area contributed by atoms with Crippen LogP contribution in [0.2, 0.25) is 0 Å². The fourth-order valence-corrected chi connectivity index (χ4v) is 15.9. The molecule has 8 heterocycles. The second kappa shape index (κ2) is 63.4. The van der Waals surface area contributed by atoms with Gasteiger partial charge < -0.3 is 145 Å². The van der Waals surface area contributed by atoms with E-state index in [0.717, 1.165) is 32.1 Å². The first-order valence-corrected chi connectivity index (χ1v) is 54.1. The third-order valence-electron chi connectivity index (χ3n) is 17.6. The van der Waals surface area contributed by atoms with Crippen molar-refractivity contribution in [2.75, 3.05) is 135 Å². The van der Waals surface area contributed by atoms with Crippen LogP contribution in [0.15, 0.2) is 55.6 Å². The summed E-state index contributed by atoms with van der Waals surface area (Å²) in [6, 6.07) is 7.87. The van der Waals surface area contributed by atoms with E-state index in [0.29, 0.717) is 82.7 Å². The fraction of sp³-hybridized carbons (Fsp3) is 0.616. The SMILES string of the molecule is CC(C)OC(=O)OCOP(=O)(COCCn1cnc2c(OC(C)C)nc(N)nc21)OCOC(=O)OC(C)C.CCCCOC(=O)[C@H](C)NP(=O)(COCCn1cnc2c(OC3CC3)nc(N)nc21)Oc1ccccc1.CCCOc1nc(N)nc2c1ncn2CCOCP(=O)(OCOC(=O)OC(C)C)OCOC(=O)OC(C)C.CCOc1nc(N)nc2c1ncn2CCOCP(=O)(OCOC(=O)OC(C)C)OCOC(=O)OC(C)C. The number of carbonyl (C=O) groups excluding carboxylic acids is 7. The first-order chi connectivity index (χ1) is 71.3. The summed E-state index contributed by atoms with van der Waals surface area (Å²) in [5.41, 5.74) is 26.8. The highest BCUT2D eigenvalue weighted by molar-refractivity contribution is 7.57. The Bertz CT molecular complexity index is 5820. The number of nitrogen functional groups attached to an aromatic ring is 4. The molecule has 0 amide bonds. The van der Waals surface area contributed by atoms with E-state index in [4.69, 9.17) is 154 Å². The van der Waals surface area contributed by atoms with Gasteiger partial charge in [0, 0.05) is 26.2 Å². The maximum Gasteiger partial charge on any atom is 0.510 e. The van der Waals surface area contributed by atoms with Crippen molar-refractivity contribution in [3.8, 4) is 29.3 Å². The second-order valence-corrected chi connectivity index (χ2v) is 41.1. The third kappa shape index (κ3) is 45.9. The number of nitrogens with two attached hydrogens (primary N) is 4. The molecular weight excluding hydrogens is 2070 g/mol. The molecule has 64 heteroatoms. The Labute approximate surface area is 862 Å². The summed E-state index contributed by atoms with van der Waals surface area (Å²) in [4.78, 5) is 132. The van der Waals surface area contributed by atoms with E-state index in [1.165, 1.54) is 19.0 Å². The van der Waals surface area contributed by atoms with Crippen LogP contribution in [0.1, 0.15) is 157 Å². The van der Waals surface area contributed by atoms with Crippen LogP contribution in [-0.4, -0.2) is 288 Å². The average Bonchev–Trinajstić information content (AvgIpc) is 1.66. The van der Waals surface area contributed by atoms with E-state index >= 15 is 0 Å². The van der Waals surface area contributed by atoms with Gasteiger partial charge in [0.25, 0.3) is 0 Å². The topological polar surface area (TPSA) is 737 Å². The van der Waals surface area contributed by atoms with Crippen LogP contribution in [0.25, 0.3) is 44.7 Å². The number of nitrogens with zero attached hydrogens (tertiary/aromatic N) is 16. The number of hydrogen-bond donors (Lipinski definition) is 5. The molecule has 0 bridgehead atoms. The van der Waals surface area contributed by atoms with Gasteiger partial charge in [-0.15, -0.1) is 0 Å². The zero-order chi connectivity index (χ0) is 110. The number of fused-ring (bicyclic) bond motifs is 4. The Kier molecular flexibility index (Phi) is 52.4. The lowest BCUT2D eigenvalue weighted by atomic mass is 10.3. The summed E-state index contributed by atoms with van der Waals surface area (Å²) in [6.45, 7) is 28.3. The minimum absolute atomic E-state index is 0.00843. The van der Waals surface area contributed by atoms with Gasteiger partial charge in [0.15, 0.2) is 44.7 Å². The Balaban J connectivity index is 0.000000270. The summed E-state index contributed by atoms with van der Waals surface area (Å²) in [5, 5.41) is 2.79. The highest BCUT2D eigenvalue weighted by Crippen LogP contribution is 2.51. The Morgan fingerprint density at radius 2 is 0.673 bits per heavy atom. The second-order valence-electron chi connectivity index (χ2n) is 33.0. The number of carbonyl (C=O) groups is 7. The smallest absolute Gasteiger partial charge is 0.476 e. The largest absolute Gasteiger partial charge is 0.510 e. The zero-order valence-corrected chi connectivity index (χ0v) is 90.0. The Morgan fingerprint density at radius 1 is 0.367 bits per heavy atom. The van der Waals surface area contributed by atoms with Crippen molar-refractivity contribution in [1.29, 1.82) is 0 Å². The van der Waals surface area contributed by atoms with Gasteiger partial charge in [-0.25, -0.2) is 53.8 Å². The van der Waals surface area contributed by atoms with E-state index in [1.54, 1.807) is 146 Å². The molecule has 9 aromatic rings. The van der Waals surface area contributed by atoms with Gasteiger partial charge in [0.05, 0.1) is 114 Å². The van der Waals surface area contributed by atoms with Gasteiger partial charge in [0.1, 0.15) is 43.3 Å². The standard InChI is InChI=1S/C24H33N6O6P.2C21H34N5O11P.C20H32N5O11P/c1-3-4-13-34-23(31)17(2)29-37(32,36-19-8-6-5-7-9-19)16-33-14-12-30-15-26-20-21(30)27-24(25)28-22(20)35-18-10-11-18;1-13(2)35-18-16-17(24-19(22)25-18)26(9-23-16)7-8-30-12-38(29,33-10-31-20(27)36-14(3)4)34-11-32-21(28)37-15(5)6;1-6-8-31-18-16-17(24-19(22)25-18)26(10-23-16)7-9-30-13-38(29,34-11-32-20(27)36-14(2)3)35-12-33-21(28)37-15(4)5;1-6-30-17-15-16(23-18(21)24-17)25(9-22-15)7-8-29-12-37(28,33-10-31-19(26)35-13(2)3)34-11-32-20(27)36-14(4)5/h5-9,15,17-18H,3-4,10-14,16H2,1-2H3,(H,29,32)(H2,25,27,28);9,13-15H,7-8,10-12H2,1-6H3,(H2,22,24,25);10,14-15H,6-9,11-13H2,1-5H3,(H2,22,24,25);9,13-14H,6-8,10-12H2,1-5H3,(H2,21,23,24)/t17-,37?;;;/m0.../s1. The number of benzene rings is 1. The van der Waals surface area contributed by atoms with Crippen molar-refractivity contribution in [2.24, 2.45) is 0 Å². The van der Waals surface area contributed by atoms with Crippen molar-refractivity contribution in [3.05, 3.63) is 55.6 Å². The molecule has 1 unspecified atom stereocenters. The molecule has 1 aliphatic carbocycles. The zero-order valence-electron chi connectivity index (χ0n) is 86.5. The molecule has 1 aliphatic rings. The lowest BCUT2D eigenvalue weighted by Gasteiger charge is -2.23. The number of para-hydroxylation sites is 1. The molecule has 0 spiro atoms. The number of aromatic nitrogens is 16. The summed E-state index contributed by atoms with van der Waals surface area (Å²) >= 11 is 0. The van der Waals surface area contributed by atoms with Crippen molar-refractivity contribution >= 4 is 142 Å². The molecule has 836 valence electrons. The number of unbranched alkanes of at least 4 members (excludes halogenated alkanes) is 1. The fourth-order valence-electron chi connectivity index (χ4n) is 11.2. The first kappa shape index (κ1) is 124. The van der Waals surface area contributed by atoms with E-state index in [1.807, 2.05) is 33.8 Å². The highest BCUT2D eigenvalue weighted by atomic mass is 31.2. The van der Waals surface area contributed by atoms with Gasteiger partial charge in [-0.3, -0.25) is 50.2 Å². The van der Waals surface area contributed by atoms with Crippen LogP contribution in [-0.2, 0) is 157 Å². The predicted octanol–water partition coefficient (Wildman–Crippen LogP) is 13.4. The monoisotopic (exact) mass is 2210 g/mol. The molecule has 0 radical (unpaired) electrons. The minimum Gasteiger partial charge on any atom is -0.476 e. The molecule has 60 nitrogen and oxygen atoms in total. The number of anilines is 4. The van der Waals surface area contributed by atoms with Gasteiger partial charge >= 0.3 is 73.2 Å². The van der Waals surface area contributed by atoms with E-state index in [2.05, 4.69) is 64.9 Å². The van der Waals surface area contributed by atoms with Crippen LogP contribution in [0.3, 0.4) is 0 Å². The molecule has 0 saturated heterocycles. The van der Waals surface area contributed by atoms with Crippen molar-refractivity contribution < 1.29 is 183 Å². The summed E-state index contributed by atoms with van der Waals surface area (Å²) in [7, 11) is -15.8. The van der Waals surface area contributed by atoms with Crippen molar-refractivity contribution in [2.45, 2.75) is 238 Å². The van der Waals surface area contributed by atoms with E-state index in [9.17, 15) is 51.8 Å². The van der Waals surface area contributed by atoms with Gasteiger partial charge in [-0.1, -0.05) is 38.5 Å². The molecule has 1 fully saturated rings. The molecule has 150 heavy (non-hydrogen) atoms. The lowest BCUT2D eigenvalue weighted by molar-refractivity contribution is -0.145. The van der Waals surface area contributed by atoms with Gasteiger partial charge in [0.2, 0.25) is 88.1 Å². The predicted molar refractivity (Wildman–Crippen MR) is 526 cm³/mol. The number of nitrogens with one attached hydrogen (secondary N) is 1. The number of ether oxygens (including phenoxy) is 21. The number of esters is 1. The van der Waals surface area contributed by atoms with Crippen LogP contribution in [0.4, 0.5) is 52.6 Å². The maximum absolute atomic E-state index is 13.7. The quantitative estimate of drug-likeness (QED) is 0.00777. The van der Waals surface area contributed by atoms with Gasteiger partial charge in [-0.2, -0.15) is 39.9 Å². The molecule has 0 aliphatic heterocycles. The molecule has 2 atom stereocenters. The number of imidazole rings is 4. The molecule has 8 aromatic heterocycles. The van der Waals surface area contributed by atoms with Crippen LogP contribution < -0.4 is 51.5 Å². The van der Waals surface area contributed by atoms with E-state index in [-0.39, 0.29) is 106 Å². The van der Waals surface area contributed by atoms with E-state index < -0.39 is 176 Å². The summed E-state index contributed by atoms with van der Waals surface area (Å²) in [6.07, 6.45) is -0.194. The molecule has 10 rings (SSSR count). The third-order valence-corrected chi connectivity index (χ3v) is 23.9. The number of hydrogen-bond acceptors (Lipinski definition) is 55. The molecular formula is C86H133N21O39P4. The average molecular weight is 2210 g/mol.